The van der Waals surface area contributed by atoms with E-state index in [1.165, 1.54) is 16.7 Å². The Morgan fingerprint density at radius 3 is 2.65 bits per heavy atom. The average Bonchev–Trinajstić information content (AvgIpc) is 2.96. The Kier molecular flexibility index (Phi) is 8.95. The van der Waals surface area contributed by atoms with Crippen molar-refractivity contribution < 1.29 is 18.9 Å². The molecule has 3 aromatic carbocycles. The molecule has 5 rings (SSSR count). The monoisotopic (exact) mass is 502 g/mol. The molecule has 37 heavy (non-hydrogen) atoms. The van der Waals surface area contributed by atoms with E-state index in [0.717, 1.165) is 69.4 Å². The van der Waals surface area contributed by atoms with Crippen LogP contribution in [0.2, 0.25) is 0 Å². The van der Waals surface area contributed by atoms with Crippen LogP contribution in [0.3, 0.4) is 0 Å². The third-order valence-corrected chi connectivity index (χ3v) is 7.21. The van der Waals surface area contributed by atoms with Gasteiger partial charge in [0, 0.05) is 32.7 Å². The van der Waals surface area contributed by atoms with Crippen molar-refractivity contribution in [1.29, 1.82) is 0 Å². The van der Waals surface area contributed by atoms with Crippen LogP contribution in [0.4, 0.5) is 5.69 Å². The van der Waals surface area contributed by atoms with Crippen LogP contribution in [0.15, 0.2) is 72.8 Å². The molecule has 1 N–H and O–H groups in total. The van der Waals surface area contributed by atoms with E-state index in [0.29, 0.717) is 19.1 Å². The first-order chi connectivity index (χ1) is 18.3. The summed E-state index contributed by atoms with van der Waals surface area (Å²) in [6, 6.07) is 25.2. The Morgan fingerprint density at radius 1 is 0.973 bits per heavy atom. The highest BCUT2D eigenvalue weighted by Gasteiger charge is 2.27. The molecule has 2 atom stereocenters. The number of piperidine rings is 1. The van der Waals surface area contributed by atoms with Crippen molar-refractivity contribution in [3.63, 3.8) is 0 Å². The zero-order valence-electron chi connectivity index (χ0n) is 21.7. The minimum atomic E-state index is 0.130. The van der Waals surface area contributed by atoms with Crippen LogP contribution in [0.25, 0.3) is 0 Å². The van der Waals surface area contributed by atoms with Crippen LogP contribution >= 0.6 is 0 Å². The molecular weight excluding hydrogens is 464 g/mol. The Morgan fingerprint density at radius 2 is 1.81 bits per heavy atom. The molecule has 196 valence electrons. The topological polar surface area (TPSA) is 52.2 Å². The molecule has 2 aliphatic rings. The van der Waals surface area contributed by atoms with Crippen molar-refractivity contribution in [3.05, 3.63) is 89.5 Å². The summed E-state index contributed by atoms with van der Waals surface area (Å²) in [7, 11) is 1.75. The van der Waals surface area contributed by atoms with Gasteiger partial charge >= 0.3 is 0 Å². The zero-order valence-corrected chi connectivity index (χ0v) is 21.7. The quantitative estimate of drug-likeness (QED) is 0.366. The highest BCUT2D eigenvalue weighted by atomic mass is 16.5. The molecule has 1 saturated heterocycles. The van der Waals surface area contributed by atoms with Crippen molar-refractivity contribution in [3.8, 4) is 11.5 Å². The standard InChI is InChI=1S/C31H38N2O4/c1-34-18-5-16-33-17-19-35-30-13-10-25(20-29(30)33)23-37-31-21-32-15-14-28(31)26-11-8-24(9-12-26)22-36-27-6-3-2-4-7-27/h2-4,6-13,20,28,31-32H,5,14-19,21-23H2,1H3. The maximum atomic E-state index is 6.53. The van der Waals surface area contributed by atoms with E-state index in [2.05, 4.69) is 52.7 Å². The number of ether oxygens (including phenoxy) is 4. The number of methoxy groups -OCH3 is 1. The van der Waals surface area contributed by atoms with Crippen LogP contribution < -0.4 is 19.7 Å². The molecule has 3 aromatic rings. The minimum Gasteiger partial charge on any atom is -0.490 e. The number of hydrogen-bond acceptors (Lipinski definition) is 6. The lowest BCUT2D eigenvalue weighted by Gasteiger charge is -2.33. The summed E-state index contributed by atoms with van der Waals surface area (Å²) >= 11 is 0. The molecule has 0 aromatic heterocycles. The molecule has 0 saturated carbocycles. The second kappa shape index (κ2) is 13.0. The zero-order chi connectivity index (χ0) is 25.3. The van der Waals surface area contributed by atoms with Gasteiger partial charge in [0.1, 0.15) is 24.7 Å². The summed E-state index contributed by atoms with van der Waals surface area (Å²) in [4.78, 5) is 2.40. The predicted molar refractivity (Wildman–Crippen MR) is 147 cm³/mol. The summed E-state index contributed by atoms with van der Waals surface area (Å²) < 4.78 is 23.6. The highest BCUT2D eigenvalue weighted by molar-refractivity contribution is 5.61. The molecule has 2 unspecified atom stereocenters. The van der Waals surface area contributed by atoms with Crippen LogP contribution in [-0.2, 0) is 22.7 Å². The van der Waals surface area contributed by atoms with E-state index in [1.807, 2.05) is 30.3 Å². The number of anilines is 1. The van der Waals surface area contributed by atoms with Crippen molar-refractivity contribution in [2.24, 2.45) is 0 Å². The molecular formula is C31H38N2O4. The minimum absolute atomic E-state index is 0.130. The average molecular weight is 503 g/mol. The Bertz CT molecular complexity index is 1110. The van der Waals surface area contributed by atoms with Crippen LogP contribution in [0, 0.1) is 0 Å². The smallest absolute Gasteiger partial charge is 0.142 e. The Hall–Kier alpha value is -3.06. The maximum absolute atomic E-state index is 6.53. The van der Waals surface area contributed by atoms with E-state index in [4.69, 9.17) is 18.9 Å². The number of fused-ring (bicyclic) bond motifs is 1. The Balaban J connectivity index is 1.20. The van der Waals surface area contributed by atoms with E-state index in [9.17, 15) is 0 Å². The fraction of sp³-hybridized carbons (Fsp3) is 0.419. The largest absolute Gasteiger partial charge is 0.490 e. The summed E-state index contributed by atoms with van der Waals surface area (Å²) in [6.45, 7) is 6.40. The first-order valence-corrected chi connectivity index (χ1v) is 13.4. The van der Waals surface area contributed by atoms with E-state index in [-0.39, 0.29) is 6.10 Å². The highest BCUT2D eigenvalue weighted by Crippen LogP contribution is 2.34. The summed E-state index contributed by atoms with van der Waals surface area (Å²) in [5.74, 6) is 2.23. The lowest BCUT2D eigenvalue weighted by atomic mass is 9.87. The van der Waals surface area contributed by atoms with Crippen LogP contribution in [-0.4, -0.2) is 52.6 Å². The number of hydrogen-bond donors (Lipinski definition) is 1. The molecule has 0 spiro atoms. The number of benzene rings is 3. The molecule has 0 bridgehead atoms. The van der Waals surface area contributed by atoms with Crippen molar-refractivity contribution in [2.75, 3.05) is 51.4 Å². The number of nitrogens with one attached hydrogen (secondary N) is 1. The SMILES string of the molecule is COCCCN1CCOc2ccc(COC3CNCCC3c3ccc(COc4ccccc4)cc3)cc21. The second-order valence-electron chi connectivity index (χ2n) is 9.78. The van der Waals surface area contributed by atoms with Gasteiger partial charge in [-0.2, -0.15) is 0 Å². The molecule has 2 aliphatic heterocycles. The molecule has 1 fully saturated rings. The van der Waals surface area contributed by atoms with Gasteiger partial charge in [-0.25, -0.2) is 0 Å². The lowest BCUT2D eigenvalue weighted by Crippen LogP contribution is -2.41. The molecule has 6 nitrogen and oxygen atoms in total. The predicted octanol–water partition coefficient (Wildman–Crippen LogP) is 5.16. The van der Waals surface area contributed by atoms with Gasteiger partial charge in [-0.3, -0.25) is 0 Å². The van der Waals surface area contributed by atoms with Crippen molar-refractivity contribution >= 4 is 5.69 Å². The lowest BCUT2D eigenvalue weighted by molar-refractivity contribution is 0.0106. The van der Waals surface area contributed by atoms with Gasteiger partial charge in [0.25, 0.3) is 0 Å². The third-order valence-electron chi connectivity index (χ3n) is 7.21. The van der Waals surface area contributed by atoms with E-state index >= 15 is 0 Å². The van der Waals surface area contributed by atoms with Gasteiger partial charge in [0.15, 0.2) is 0 Å². The normalized spacial score (nSPS) is 19.2. The van der Waals surface area contributed by atoms with Gasteiger partial charge in [-0.05, 0) is 60.3 Å². The number of nitrogens with zero attached hydrogens (tertiary/aromatic N) is 1. The van der Waals surface area contributed by atoms with Gasteiger partial charge < -0.3 is 29.2 Å². The summed E-state index contributed by atoms with van der Waals surface area (Å²) in [6.07, 6.45) is 2.20. The van der Waals surface area contributed by atoms with Gasteiger partial charge in [-0.1, -0.05) is 48.5 Å². The Labute approximate surface area is 220 Å². The third kappa shape index (κ3) is 6.83. The van der Waals surface area contributed by atoms with Crippen LogP contribution in [0.5, 0.6) is 11.5 Å². The van der Waals surface area contributed by atoms with Crippen molar-refractivity contribution in [1.82, 2.24) is 5.32 Å². The molecule has 6 heteroatoms. The van der Waals surface area contributed by atoms with Gasteiger partial charge in [0.2, 0.25) is 0 Å². The summed E-state index contributed by atoms with van der Waals surface area (Å²) in [5.41, 5.74) is 4.84. The maximum Gasteiger partial charge on any atom is 0.142 e. The van der Waals surface area contributed by atoms with E-state index in [1.54, 1.807) is 7.11 Å². The molecule has 0 amide bonds. The number of rotatable bonds is 11. The van der Waals surface area contributed by atoms with Crippen LogP contribution in [0.1, 0.15) is 35.4 Å². The molecule has 2 heterocycles. The first-order valence-electron chi connectivity index (χ1n) is 13.4. The summed E-state index contributed by atoms with van der Waals surface area (Å²) in [5, 5.41) is 3.52. The van der Waals surface area contributed by atoms with E-state index < -0.39 is 0 Å². The van der Waals surface area contributed by atoms with Crippen molar-refractivity contribution in [2.45, 2.75) is 38.1 Å². The number of para-hydroxylation sites is 1. The first kappa shape index (κ1) is 25.6. The fourth-order valence-corrected chi connectivity index (χ4v) is 5.17. The van der Waals surface area contributed by atoms with Gasteiger partial charge in [0.05, 0.1) is 24.9 Å². The van der Waals surface area contributed by atoms with Gasteiger partial charge in [-0.15, -0.1) is 0 Å². The molecule has 0 aliphatic carbocycles. The fourth-order valence-electron chi connectivity index (χ4n) is 5.17. The second-order valence-corrected chi connectivity index (χ2v) is 9.78. The molecule has 0 radical (unpaired) electrons.